The van der Waals surface area contributed by atoms with E-state index in [2.05, 4.69) is 292 Å². The van der Waals surface area contributed by atoms with Gasteiger partial charge in [0.25, 0.3) is 0 Å². The molecule has 485 valence electrons. The zero-order chi connectivity index (χ0) is 56.5. The maximum absolute atomic E-state index is 9.09. The summed E-state index contributed by atoms with van der Waals surface area (Å²) < 4.78 is 0. The summed E-state index contributed by atoms with van der Waals surface area (Å²) in [5.74, 6) is 0. The zero-order valence-electron chi connectivity index (χ0n) is 54.7. The standard InChI is InChI=1S/C14H20N2.4C13H21N.9CH4.5B/c1-13(2,3)11-8-7-10(9-15)12(16-11)14(4,5)6;4*1-12(2,3)10-8-7-9-11(14-10)13(4,5)6;;;;;;;;;;;;;;/h7-8H,1-6H3;4*7-9H,1-6H3;9*1H4;;;;;. The van der Waals surface area contributed by atoms with E-state index in [0.29, 0.717) is 5.56 Å². The minimum Gasteiger partial charge on any atom is -0.257 e. The smallest absolute Gasteiger partial charge is 0.101 e. The van der Waals surface area contributed by atoms with Crippen LogP contribution < -0.4 is 0 Å². The Hall–Kier alpha value is -4.44. The normalized spacial score (nSPS) is 10.8. The Morgan fingerprint density at radius 2 is 0.360 bits per heavy atom. The van der Waals surface area contributed by atoms with Gasteiger partial charge in [-0.05, 0) is 60.7 Å². The molecule has 6 nitrogen and oxygen atoms in total. The number of nitrogens with zero attached hydrogens (tertiary/aromatic N) is 6. The van der Waals surface area contributed by atoms with E-state index in [1.54, 1.807) is 0 Å². The Bertz CT molecular complexity index is 2140. The lowest BCUT2D eigenvalue weighted by molar-refractivity contribution is 0.529. The van der Waals surface area contributed by atoms with Crippen LogP contribution in [-0.4, -0.2) is 67.0 Å². The summed E-state index contributed by atoms with van der Waals surface area (Å²) in [7, 11) is 0. The van der Waals surface area contributed by atoms with E-state index < -0.39 is 0 Å². The third-order valence-corrected chi connectivity index (χ3v) is 11.6. The summed E-state index contributed by atoms with van der Waals surface area (Å²) in [6, 6.07) is 31.3. The molecular weight excluding hydrogens is 1040 g/mol. The van der Waals surface area contributed by atoms with E-state index in [1.807, 2.05) is 12.1 Å². The SMILES string of the molecule is C.C.C.C.C.C.C.C.C.CC(C)(C)c1ccc(C#N)c(C(C)(C)C)n1.CC(C)(C)c1cccc(C(C)(C)C)n1.CC(C)(C)c1cccc(C(C)(C)C)n1.CC(C)(C)c1cccc(C(C)(C)C)n1.CC(C)(C)c1cccc(C(C)(C)C)n1.[B].[B].[B].[B].[B]. The Balaban J connectivity index is -0.0000000604. The monoisotopic (exact) mass is 1180 g/mol. The number of hydrogen-bond donors (Lipinski definition) is 0. The molecule has 5 aromatic rings. The summed E-state index contributed by atoms with van der Waals surface area (Å²) >= 11 is 0. The van der Waals surface area contributed by atoms with Crippen LogP contribution in [0.5, 0.6) is 0 Å². The van der Waals surface area contributed by atoms with Crippen molar-refractivity contribution >= 4 is 42.1 Å². The minimum atomic E-state index is -0.0909. The van der Waals surface area contributed by atoms with E-state index in [-0.39, 0.29) is 163 Å². The average molecular weight is 1180 g/mol. The Morgan fingerprint density at radius 3 is 0.477 bits per heavy atom. The lowest BCUT2D eigenvalue weighted by atomic mass is 9.85. The lowest BCUT2D eigenvalue weighted by Crippen LogP contribution is -2.21. The highest BCUT2D eigenvalue weighted by atomic mass is 14.8. The first-order valence-electron chi connectivity index (χ1n) is 26.3. The highest BCUT2D eigenvalue weighted by molar-refractivity contribution is 5.76. The van der Waals surface area contributed by atoms with Crippen molar-refractivity contribution < 1.29 is 0 Å². The van der Waals surface area contributed by atoms with Crippen LogP contribution in [0.1, 0.15) is 337 Å². The molecule has 0 aliphatic carbocycles. The maximum Gasteiger partial charge on any atom is 0.101 e. The van der Waals surface area contributed by atoms with Crippen LogP contribution in [0.2, 0.25) is 0 Å². The minimum absolute atomic E-state index is 0. The topological polar surface area (TPSA) is 88.2 Å². The highest BCUT2D eigenvalue weighted by Crippen LogP contribution is 2.30. The fourth-order valence-corrected chi connectivity index (χ4v) is 6.62. The first kappa shape index (κ1) is 116. The molecular formula is C75H140B5N6. The summed E-state index contributed by atoms with van der Waals surface area (Å²) in [4.78, 5) is 23.5. The van der Waals surface area contributed by atoms with Crippen LogP contribution in [0.4, 0.5) is 0 Å². The number of pyridine rings is 5. The number of rotatable bonds is 0. The quantitative estimate of drug-likeness (QED) is 0.144. The molecule has 5 aromatic heterocycles. The van der Waals surface area contributed by atoms with E-state index in [1.165, 1.54) is 45.6 Å². The predicted molar refractivity (Wildman–Crippen MR) is 402 cm³/mol. The molecule has 0 bridgehead atoms. The molecule has 0 spiro atoms. The van der Waals surface area contributed by atoms with Gasteiger partial charge in [0.15, 0.2) is 0 Å². The van der Waals surface area contributed by atoms with E-state index in [9.17, 15) is 0 Å². The molecule has 15 radical (unpaired) electrons. The van der Waals surface area contributed by atoms with Crippen molar-refractivity contribution in [3.8, 4) is 6.07 Å². The van der Waals surface area contributed by atoms with E-state index >= 15 is 0 Å². The van der Waals surface area contributed by atoms with E-state index in [0.717, 1.165) is 11.4 Å². The van der Waals surface area contributed by atoms with Gasteiger partial charge in [-0.3, -0.25) is 24.9 Å². The molecule has 0 aromatic carbocycles. The molecule has 0 saturated heterocycles. The van der Waals surface area contributed by atoms with Crippen molar-refractivity contribution in [2.24, 2.45) is 0 Å². The van der Waals surface area contributed by atoms with Gasteiger partial charge in [0.05, 0.1) is 11.3 Å². The molecule has 0 atom stereocenters. The van der Waals surface area contributed by atoms with Gasteiger partial charge in [-0.15, -0.1) is 0 Å². The second kappa shape index (κ2) is 43.3. The molecule has 0 aliphatic heterocycles. The number of aromatic nitrogens is 5. The highest BCUT2D eigenvalue weighted by Gasteiger charge is 2.26. The summed E-state index contributed by atoms with van der Waals surface area (Å²) in [6.07, 6.45) is 0. The summed E-state index contributed by atoms with van der Waals surface area (Å²) in [5, 5.41) is 9.09. The predicted octanol–water partition coefficient (Wildman–Crippen LogP) is 22.1. The van der Waals surface area contributed by atoms with Gasteiger partial charge in [0, 0.05) is 147 Å². The third kappa shape index (κ3) is 40.2. The third-order valence-electron chi connectivity index (χ3n) is 11.6. The van der Waals surface area contributed by atoms with E-state index in [4.69, 9.17) is 25.2 Å². The first-order chi connectivity index (χ1) is 32.0. The fourth-order valence-electron chi connectivity index (χ4n) is 6.62. The van der Waals surface area contributed by atoms with Gasteiger partial charge in [-0.1, -0.05) is 299 Å². The molecule has 0 amide bonds. The van der Waals surface area contributed by atoms with Crippen molar-refractivity contribution in [3.63, 3.8) is 0 Å². The van der Waals surface area contributed by atoms with Crippen molar-refractivity contribution in [1.82, 2.24) is 24.9 Å². The molecule has 0 fully saturated rings. The van der Waals surface area contributed by atoms with Crippen molar-refractivity contribution in [2.45, 2.75) is 329 Å². The van der Waals surface area contributed by atoms with Gasteiger partial charge in [-0.25, -0.2) is 0 Å². The van der Waals surface area contributed by atoms with Crippen LogP contribution >= 0.6 is 0 Å². The second-order valence-corrected chi connectivity index (χ2v) is 29.8. The zero-order valence-corrected chi connectivity index (χ0v) is 54.7. The second-order valence-electron chi connectivity index (χ2n) is 29.8. The molecule has 0 aliphatic rings. The molecule has 5 heterocycles. The van der Waals surface area contributed by atoms with Gasteiger partial charge < -0.3 is 0 Å². The van der Waals surface area contributed by atoms with Crippen molar-refractivity contribution in [1.29, 1.82) is 5.26 Å². The first-order valence-corrected chi connectivity index (χ1v) is 26.3. The molecule has 86 heavy (non-hydrogen) atoms. The largest absolute Gasteiger partial charge is 0.257 e. The van der Waals surface area contributed by atoms with Crippen LogP contribution in [0.15, 0.2) is 84.9 Å². The molecule has 5 rings (SSSR count). The number of nitriles is 1. The summed E-state index contributed by atoms with van der Waals surface area (Å²) in [6.45, 7) is 65.4. The Morgan fingerprint density at radius 1 is 0.221 bits per heavy atom. The van der Waals surface area contributed by atoms with Gasteiger partial charge >= 0.3 is 0 Å². The van der Waals surface area contributed by atoms with Crippen LogP contribution in [0, 0.1) is 11.3 Å². The lowest BCUT2D eigenvalue weighted by Gasteiger charge is -2.24. The van der Waals surface area contributed by atoms with Crippen molar-refractivity contribution in [2.75, 3.05) is 0 Å². The van der Waals surface area contributed by atoms with Crippen LogP contribution in [-0.2, 0) is 54.1 Å². The van der Waals surface area contributed by atoms with Gasteiger partial charge in [0.2, 0.25) is 0 Å². The van der Waals surface area contributed by atoms with Gasteiger partial charge in [0.1, 0.15) is 6.07 Å². The average Bonchev–Trinajstić information content (AvgIpc) is 3.21. The molecule has 0 N–H and O–H groups in total. The Kier molecular flexibility index (Phi) is 58.4. The van der Waals surface area contributed by atoms with Crippen molar-refractivity contribution in [3.05, 3.63) is 147 Å². The number of hydrogen-bond acceptors (Lipinski definition) is 6. The van der Waals surface area contributed by atoms with Gasteiger partial charge in [-0.2, -0.15) is 5.26 Å². The Labute approximate surface area is 551 Å². The molecule has 0 saturated carbocycles. The molecule has 0 unspecified atom stereocenters. The van der Waals surface area contributed by atoms with Crippen LogP contribution in [0.25, 0.3) is 0 Å². The summed E-state index contributed by atoms with van der Waals surface area (Å²) in [5.41, 5.74) is 13.0. The maximum atomic E-state index is 9.09. The molecule has 11 heteroatoms. The van der Waals surface area contributed by atoms with Crippen LogP contribution in [0.3, 0.4) is 0 Å². The fraction of sp³-hybridized carbons (Fsp3) is 0.653.